The molecule has 0 aromatic heterocycles. The third-order valence-corrected chi connectivity index (χ3v) is 5.18. The van der Waals surface area contributed by atoms with Crippen molar-refractivity contribution in [1.29, 1.82) is 0 Å². The number of benzene rings is 2. The minimum Gasteiger partial charge on any atom is -0.336 e. The molecular weight excluding hydrogens is 322 g/mol. The molecular formula is C22H29N3O. The van der Waals surface area contributed by atoms with Crippen LogP contribution in [-0.2, 0) is 13.1 Å². The highest BCUT2D eigenvalue weighted by Crippen LogP contribution is 2.24. The second-order valence-corrected chi connectivity index (χ2v) is 7.50. The number of likely N-dealkylation sites (tertiary alicyclic amines) is 1. The molecule has 2 aromatic carbocycles. The Morgan fingerprint density at radius 2 is 1.81 bits per heavy atom. The lowest BCUT2D eigenvalue weighted by Gasteiger charge is -2.22. The van der Waals surface area contributed by atoms with Gasteiger partial charge in [-0.25, -0.2) is 0 Å². The van der Waals surface area contributed by atoms with Gasteiger partial charge in [-0.3, -0.25) is 9.69 Å². The van der Waals surface area contributed by atoms with Crippen LogP contribution in [0.15, 0.2) is 54.6 Å². The lowest BCUT2D eigenvalue weighted by Crippen LogP contribution is -2.34. The first-order chi connectivity index (χ1) is 12.6. The Hall–Kier alpha value is -2.17. The molecule has 2 unspecified atom stereocenters. The topological polar surface area (TPSA) is 49.6 Å². The van der Waals surface area contributed by atoms with E-state index < -0.39 is 0 Å². The zero-order valence-electron chi connectivity index (χ0n) is 15.8. The summed E-state index contributed by atoms with van der Waals surface area (Å²) in [6, 6.07) is 18.7. The second-order valence-electron chi connectivity index (χ2n) is 7.50. The molecule has 2 atom stereocenters. The number of nitrogens with two attached hydrogens (primary N) is 1. The first kappa shape index (κ1) is 18.6. The molecule has 4 nitrogen and oxygen atoms in total. The van der Waals surface area contributed by atoms with Crippen LogP contribution in [-0.4, -0.2) is 41.9 Å². The number of hydrogen-bond donors (Lipinski definition) is 1. The molecule has 1 aliphatic heterocycles. The Bertz CT molecular complexity index is 731. The smallest absolute Gasteiger partial charge is 0.254 e. The van der Waals surface area contributed by atoms with E-state index in [-0.39, 0.29) is 11.9 Å². The van der Waals surface area contributed by atoms with Crippen molar-refractivity contribution in [3.05, 3.63) is 71.3 Å². The molecule has 1 aliphatic rings. The molecule has 3 rings (SSSR count). The number of hydrogen-bond acceptors (Lipinski definition) is 3. The quantitative estimate of drug-likeness (QED) is 0.870. The highest BCUT2D eigenvalue weighted by molar-refractivity contribution is 5.94. The summed E-state index contributed by atoms with van der Waals surface area (Å²) >= 11 is 0. The van der Waals surface area contributed by atoms with Gasteiger partial charge in [-0.2, -0.15) is 0 Å². The fourth-order valence-electron chi connectivity index (χ4n) is 3.83. The molecule has 0 bridgehead atoms. The van der Waals surface area contributed by atoms with E-state index in [1.54, 1.807) is 0 Å². The van der Waals surface area contributed by atoms with Crippen molar-refractivity contribution < 1.29 is 4.79 Å². The van der Waals surface area contributed by atoms with Gasteiger partial charge in [0, 0.05) is 31.2 Å². The van der Waals surface area contributed by atoms with Crippen LogP contribution in [0.25, 0.3) is 0 Å². The molecule has 1 amide bonds. The molecule has 26 heavy (non-hydrogen) atoms. The number of nitrogens with zero attached hydrogens (tertiary/aromatic N) is 2. The van der Waals surface area contributed by atoms with Crippen LogP contribution < -0.4 is 5.73 Å². The normalized spacial score (nSPS) is 19.9. The van der Waals surface area contributed by atoms with E-state index in [9.17, 15) is 4.79 Å². The second kappa shape index (κ2) is 8.47. The summed E-state index contributed by atoms with van der Waals surface area (Å²) in [5.41, 5.74) is 9.03. The SMILES string of the molecule is CC1CC(CN)CN1C(=O)c1cccc(CN(C)Cc2ccccc2)c1. The Morgan fingerprint density at radius 3 is 2.50 bits per heavy atom. The highest BCUT2D eigenvalue weighted by Gasteiger charge is 2.32. The van der Waals surface area contributed by atoms with Crippen LogP contribution in [0.1, 0.15) is 34.8 Å². The molecule has 0 radical (unpaired) electrons. The van der Waals surface area contributed by atoms with Crippen LogP contribution in [0.3, 0.4) is 0 Å². The molecule has 1 fully saturated rings. The van der Waals surface area contributed by atoms with Crippen molar-refractivity contribution >= 4 is 5.91 Å². The maximum atomic E-state index is 12.9. The fourth-order valence-corrected chi connectivity index (χ4v) is 3.83. The lowest BCUT2D eigenvalue weighted by molar-refractivity contribution is 0.0743. The van der Waals surface area contributed by atoms with E-state index in [4.69, 9.17) is 5.73 Å². The molecule has 4 heteroatoms. The number of amides is 1. The minimum atomic E-state index is 0.126. The standard InChI is InChI=1S/C22H29N3O/c1-17-11-20(13-23)16-25(17)22(26)21-10-6-9-19(12-21)15-24(2)14-18-7-4-3-5-8-18/h3-10,12,17,20H,11,13-16,23H2,1-2H3. The lowest BCUT2D eigenvalue weighted by atomic mass is 10.1. The summed E-state index contributed by atoms with van der Waals surface area (Å²) in [6.07, 6.45) is 1.00. The average Bonchev–Trinajstić information content (AvgIpc) is 3.03. The van der Waals surface area contributed by atoms with Gasteiger partial charge in [0.25, 0.3) is 5.91 Å². The van der Waals surface area contributed by atoms with E-state index in [0.29, 0.717) is 12.5 Å². The minimum absolute atomic E-state index is 0.126. The van der Waals surface area contributed by atoms with Gasteiger partial charge >= 0.3 is 0 Å². The third kappa shape index (κ3) is 4.51. The van der Waals surface area contributed by atoms with Crippen molar-refractivity contribution in [2.45, 2.75) is 32.5 Å². The van der Waals surface area contributed by atoms with Crippen molar-refractivity contribution in [2.75, 3.05) is 20.1 Å². The first-order valence-corrected chi connectivity index (χ1v) is 9.39. The molecule has 0 saturated carbocycles. The number of carbonyl (C=O) groups excluding carboxylic acids is 1. The van der Waals surface area contributed by atoms with Gasteiger partial charge in [0.1, 0.15) is 0 Å². The maximum Gasteiger partial charge on any atom is 0.254 e. The summed E-state index contributed by atoms with van der Waals surface area (Å²) < 4.78 is 0. The summed E-state index contributed by atoms with van der Waals surface area (Å²) in [5, 5.41) is 0. The summed E-state index contributed by atoms with van der Waals surface area (Å²) in [6.45, 7) is 5.25. The van der Waals surface area contributed by atoms with Crippen LogP contribution in [0.2, 0.25) is 0 Å². The predicted molar refractivity (Wildman–Crippen MR) is 106 cm³/mol. The first-order valence-electron chi connectivity index (χ1n) is 9.39. The molecule has 2 aromatic rings. The molecule has 1 saturated heterocycles. The molecule has 1 heterocycles. The van der Waals surface area contributed by atoms with Gasteiger partial charge in [-0.05, 0) is 56.1 Å². The largest absolute Gasteiger partial charge is 0.336 e. The number of carbonyl (C=O) groups is 1. The highest BCUT2D eigenvalue weighted by atomic mass is 16.2. The fraction of sp³-hybridized carbons (Fsp3) is 0.409. The third-order valence-electron chi connectivity index (χ3n) is 5.18. The van der Waals surface area contributed by atoms with E-state index in [1.165, 1.54) is 5.56 Å². The Labute approximate surface area is 156 Å². The van der Waals surface area contributed by atoms with Gasteiger partial charge in [-0.1, -0.05) is 42.5 Å². The monoisotopic (exact) mass is 351 g/mol. The average molecular weight is 351 g/mol. The maximum absolute atomic E-state index is 12.9. The zero-order valence-corrected chi connectivity index (χ0v) is 15.8. The Morgan fingerprint density at radius 1 is 1.12 bits per heavy atom. The van der Waals surface area contributed by atoms with E-state index in [2.05, 4.69) is 49.2 Å². The van der Waals surface area contributed by atoms with Crippen molar-refractivity contribution in [3.63, 3.8) is 0 Å². The van der Waals surface area contributed by atoms with E-state index in [1.807, 2.05) is 29.2 Å². The molecule has 0 spiro atoms. The van der Waals surface area contributed by atoms with Crippen LogP contribution in [0.4, 0.5) is 0 Å². The van der Waals surface area contributed by atoms with E-state index >= 15 is 0 Å². The Balaban J connectivity index is 1.65. The summed E-state index contributed by atoms with van der Waals surface area (Å²) in [4.78, 5) is 17.2. The zero-order chi connectivity index (χ0) is 18.5. The summed E-state index contributed by atoms with van der Waals surface area (Å²) in [7, 11) is 2.11. The van der Waals surface area contributed by atoms with Crippen molar-refractivity contribution in [1.82, 2.24) is 9.80 Å². The van der Waals surface area contributed by atoms with Gasteiger partial charge in [-0.15, -0.1) is 0 Å². The van der Waals surface area contributed by atoms with Crippen LogP contribution in [0, 0.1) is 5.92 Å². The molecule has 2 N–H and O–H groups in total. The summed E-state index contributed by atoms with van der Waals surface area (Å²) in [5.74, 6) is 0.551. The Kier molecular flexibility index (Phi) is 6.07. The predicted octanol–water partition coefficient (Wildman–Crippen LogP) is 3.13. The number of rotatable bonds is 6. The van der Waals surface area contributed by atoms with Crippen LogP contribution >= 0.6 is 0 Å². The van der Waals surface area contributed by atoms with Gasteiger partial charge in [0.15, 0.2) is 0 Å². The van der Waals surface area contributed by atoms with Crippen molar-refractivity contribution in [3.8, 4) is 0 Å². The van der Waals surface area contributed by atoms with E-state index in [0.717, 1.165) is 37.2 Å². The molecule has 0 aliphatic carbocycles. The van der Waals surface area contributed by atoms with Gasteiger partial charge in [0.05, 0.1) is 0 Å². The van der Waals surface area contributed by atoms with Gasteiger partial charge < -0.3 is 10.6 Å². The molecule has 138 valence electrons. The van der Waals surface area contributed by atoms with Crippen molar-refractivity contribution in [2.24, 2.45) is 11.7 Å². The van der Waals surface area contributed by atoms with Crippen LogP contribution in [0.5, 0.6) is 0 Å². The van der Waals surface area contributed by atoms with Gasteiger partial charge in [0.2, 0.25) is 0 Å².